The van der Waals surface area contributed by atoms with Gasteiger partial charge in [0, 0.05) is 0 Å². The standard InChI is InChI=1S/C43H60Si/c1-26(2)34-17-35(27(3)4)21-40(20-34)44(43-32(13)15-16-33(43)14,41-22-36(28(5)6)18-37(23-41)29(7)8)42-24-38(30(9)10)19-39(25-42)31(11)12/h15-32H,1-14H3. The summed E-state index contributed by atoms with van der Waals surface area (Å²) in [6.07, 6.45) is 4.89. The first-order valence-corrected chi connectivity index (χ1v) is 19.4. The van der Waals surface area contributed by atoms with Gasteiger partial charge in [-0.1, -0.05) is 168 Å². The lowest BCUT2D eigenvalue weighted by atomic mass is 9.95. The topological polar surface area (TPSA) is 0 Å². The summed E-state index contributed by atoms with van der Waals surface area (Å²) in [5, 5.41) is 6.34. The summed E-state index contributed by atoms with van der Waals surface area (Å²) in [5.41, 5.74) is 10.3. The molecule has 0 radical (unpaired) electrons. The molecule has 1 aliphatic rings. The molecule has 44 heavy (non-hydrogen) atoms. The van der Waals surface area contributed by atoms with Crippen LogP contribution in [0.15, 0.2) is 77.5 Å². The Morgan fingerprint density at radius 3 is 0.864 bits per heavy atom. The maximum absolute atomic E-state index is 2.76. The molecule has 236 valence electrons. The molecule has 0 nitrogen and oxygen atoms in total. The van der Waals surface area contributed by atoms with Crippen LogP contribution in [-0.4, -0.2) is 8.07 Å². The first-order valence-electron chi connectivity index (χ1n) is 17.4. The zero-order valence-electron chi connectivity index (χ0n) is 30.4. The van der Waals surface area contributed by atoms with Crippen LogP contribution >= 0.6 is 0 Å². The molecule has 1 aliphatic carbocycles. The smallest absolute Gasteiger partial charge is 0.0777 e. The van der Waals surface area contributed by atoms with Crippen molar-refractivity contribution in [3.05, 3.63) is 111 Å². The normalized spacial score (nSPS) is 15.9. The zero-order valence-corrected chi connectivity index (χ0v) is 31.4. The van der Waals surface area contributed by atoms with E-state index in [2.05, 4.69) is 164 Å². The summed E-state index contributed by atoms with van der Waals surface area (Å²) in [4.78, 5) is 0. The molecule has 0 amide bonds. The first-order chi connectivity index (χ1) is 20.6. The van der Waals surface area contributed by atoms with Gasteiger partial charge in [0.2, 0.25) is 0 Å². The summed E-state index contributed by atoms with van der Waals surface area (Å²) in [6, 6.07) is 23.2. The number of hydrogen-bond acceptors (Lipinski definition) is 0. The maximum Gasteiger partial charge on any atom is 0.176 e. The van der Waals surface area contributed by atoms with Gasteiger partial charge in [0.1, 0.15) is 0 Å². The second kappa shape index (κ2) is 13.4. The number of rotatable bonds is 10. The Morgan fingerprint density at radius 1 is 0.432 bits per heavy atom. The predicted molar refractivity (Wildman–Crippen MR) is 200 cm³/mol. The van der Waals surface area contributed by atoms with Crippen molar-refractivity contribution in [3.63, 3.8) is 0 Å². The van der Waals surface area contributed by atoms with Crippen LogP contribution in [0.25, 0.3) is 0 Å². The van der Waals surface area contributed by atoms with Crippen molar-refractivity contribution in [1.82, 2.24) is 0 Å². The van der Waals surface area contributed by atoms with Gasteiger partial charge < -0.3 is 0 Å². The highest BCUT2D eigenvalue weighted by Crippen LogP contribution is 2.36. The maximum atomic E-state index is 2.63. The fourth-order valence-corrected chi connectivity index (χ4v) is 12.8. The summed E-state index contributed by atoms with van der Waals surface area (Å²) < 4.78 is 0. The summed E-state index contributed by atoms with van der Waals surface area (Å²) in [5.74, 6) is 3.20. The third-order valence-corrected chi connectivity index (χ3v) is 15.3. The third-order valence-electron chi connectivity index (χ3n) is 10.2. The Balaban J connectivity index is 2.36. The van der Waals surface area contributed by atoms with E-state index < -0.39 is 8.07 Å². The third kappa shape index (κ3) is 6.50. The van der Waals surface area contributed by atoms with Gasteiger partial charge in [-0.25, -0.2) is 0 Å². The Morgan fingerprint density at radius 2 is 0.682 bits per heavy atom. The molecule has 0 N–H and O–H groups in total. The van der Waals surface area contributed by atoms with Crippen LogP contribution in [0.2, 0.25) is 0 Å². The van der Waals surface area contributed by atoms with Crippen molar-refractivity contribution in [1.29, 1.82) is 0 Å². The molecule has 0 aliphatic heterocycles. The molecule has 0 aromatic heterocycles. The van der Waals surface area contributed by atoms with Gasteiger partial charge in [0.05, 0.1) is 0 Å². The van der Waals surface area contributed by atoms with E-state index in [0.29, 0.717) is 41.4 Å². The Bertz CT molecular complexity index is 1310. The molecule has 0 fully saturated rings. The first kappa shape index (κ1) is 34.2. The second-order valence-electron chi connectivity index (χ2n) is 15.6. The van der Waals surface area contributed by atoms with Crippen molar-refractivity contribution in [2.45, 2.75) is 132 Å². The van der Waals surface area contributed by atoms with Gasteiger partial charge in [0.25, 0.3) is 0 Å². The molecule has 1 atom stereocenters. The second-order valence-corrected chi connectivity index (χ2v) is 19.4. The largest absolute Gasteiger partial charge is 0.176 e. The molecular formula is C43H60Si. The minimum Gasteiger partial charge on any atom is -0.0777 e. The molecule has 1 unspecified atom stereocenters. The van der Waals surface area contributed by atoms with Crippen LogP contribution in [0.4, 0.5) is 0 Å². The fourth-order valence-electron chi connectivity index (χ4n) is 7.12. The van der Waals surface area contributed by atoms with E-state index in [4.69, 9.17) is 0 Å². The average Bonchev–Trinajstić information content (AvgIpc) is 3.30. The quantitative estimate of drug-likeness (QED) is 0.159. The molecule has 1 heteroatoms. The van der Waals surface area contributed by atoms with Crippen LogP contribution < -0.4 is 15.6 Å². The van der Waals surface area contributed by atoms with Crippen molar-refractivity contribution in [2.24, 2.45) is 5.92 Å². The number of allylic oxidation sites excluding steroid dienone is 4. The van der Waals surface area contributed by atoms with E-state index in [0.717, 1.165) is 0 Å². The number of benzene rings is 3. The molecule has 3 aromatic carbocycles. The van der Waals surface area contributed by atoms with Crippen LogP contribution in [0.5, 0.6) is 0 Å². The van der Waals surface area contributed by atoms with E-state index >= 15 is 0 Å². The van der Waals surface area contributed by atoms with Gasteiger partial charge in [0.15, 0.2) is 8.07 Å². The summed E-state index contributed by atoms with van der Waals surface area (Å²) in [7, 11) is -2.76. The van der Waals surface area contributed by atoms with E-state index in [1.165, 1.54) is 39.0 Å². The van der Waals surface area contributed by atoms with Gasteiger partial charge in [-0.3, -0.25) is 0 Å². The highest BCUT2D eigenvalue weighted by Gasteiger charge is 2.47. The molecule has 0 spiro atoms. The van der Waals surface area contributed by atoms with Crippen LogP contribution in [0, 0.1) is 5.92 Å². The lowest BCUT2D eigenvalue weighted by molar-refractivity contribution is 0.833. The molecular weight excluding hydrogens is 545 g/mol. The van der Waals surface area contributed by atoms with Gasteiger partial charge in [-0.05, 0) is 97.3 Å². The summed E-state index contributed by atoms with van der Waals surface area (Å²) >= 11 is 0. The monoisotopic (exact) mass is 604 g/mol. The fraction of sp³-hybridized carbons (Fsp3) is 0.488. The molecule has 0 heterocycles. The van der Waals surface area contributed by atoms with Gasteiger partial charge in [-0.2, -0.15) is 0 Å². The predicted octanol–water partition coefficient (Wildman–Crippen LogP) is 11.0. The molecule has 4 rings (SSSR count). The Labute approximate surface area is 272 Å². The molecule has 0 bridgehead atoms. The number of hydrogen-bond donors (Lipinski definition) is 0. The summed E-state index contributed by atoms with van der Waals surface area (Å²) in [6.45, 7) is 33.2. The highest BCUT2D eigenvalue weighted by molar-refractivity contribution is 7.16. The minimum absolute atomic E-state index is 0.391. The lowest BCUT2D eigenvalue weighted by Gasteiger charge is -2.40. The zero-order chi connectivity index (χ0) is 32.7. The average molecular weight is 605 g/mol. The van der Waals surface area contributed by atoms with E-state index in [1.807, 2.05) is 0 Å². The van der Waals surface area contributed by atoms with Crippen LogP contribution in [0.1, 0.15) is 166 Å². The van der Waals surface area contributed by atoms with Crippen molar-refractivity contribution < 1.29 is 0 Å². The Kier molecular flexibility index (Phi) is 10.4. The van der Waals surface area contributed by atoms with Crippen molar-refractivity contribution >= 4 is 23.6 Å². The van der Waals surface area contributed by atoms with Gasteiger partial charge in [-0.15, -0.1) is 0 Å². The molecule has 0 saturated heterocycles. The minimum atomic E-state index is -2.76. The highest BCUT2D eigenvalue weighted by atomic mass is 28.3. The van der Waals surface area contributed by atoms with Crippen molar-refractivity contribution in [3.8, 4) is 0 Å². The van der Waals surface area contributed by atoms with E-state index in [1.54, 1.807) is 20.8 Å². The SMILES string of the molecule is CC1=C([Si](c2cc(C(C)C)cc(C(C)C)c2)(c2cc(C(C)C)cc(C(C)C)c2)c2cc(C(C)C)cc(C(C)C)c2)C(C)C=C1. The van der Waals surface area contributed by atoms with Crippen LogP contribution in [-0.2, 0) is 0 Å². The van der Waals surface area contributed by atoms with Gasteiger partial charge >= 0.3 is 0 Å². The lowest BCUT2D eigenvalue weighted by Crippen LogP contribution is -2.70. The molecule has 3 aromatic rings. The van der Waals surface area contributed by atoms with Crippen LogP contribution in [0.3, 0.4) is 0 Å². The van der Waals surface area contributed by atoms with Crippen molar-refractivity contribution in [2.75, 3.05) is 0 Å². The Hall–Kier alpha value is -2.64. The van der Waals surface area contributed by atoms with E-state index in [-0.39, 0.29) is 0 Å². The molecule has 0 saturated carbocycles. The van der Waals surface area contributed by atoms with E-state index in [9.17, 15) is 0 Å².